The molecule has 1 aromatic rings. The molecule has 0 radical (unpaired) electrons. The molecule has 1 fully saturated rings. The van der Waals surface area contributed by atoms with E-state index < -0.39 is 0 Å². The van der Waals surface area contributed by atoms with Crippen LogP contribution < -0.4 is 5.73 Å². The van der Waals surface area contributed by atoms with Gasteiger partial charge in [0.25, 0.3) is 0 Å². The molecule has 1 aliphatic heterocycles. The second kappa shape index (κ2) is 6.50. The van der Waals surface area contributed by atoms with Crippen molar-refractivity contribution >= 4 is 0 Å². The van der Waals surface area contributed by atoms with E-state index in [4.69, 9.17) is 5.73 Å². The summed E-state index contributed by atoms with van der Waals surface area (Å²) in [5, 5.41) is 0. The highest BCUT2D eigenvalue weighted by Crippen LogP contribution is 2.30. The maximum atomic E-state index is 6.31. The number of benzene rings is 1. The number of hydrogen-bond donors (Lipinski definition) is 1. The van der Waals surface area contributed by atoms with Crippen LogP contribution in [0.25, 0.3) is 0 Å². The van der Waals surface area contributed by atoms with E-state index in [2.05, 4.69) is 57.7 Å². The second-order valence-corrected chi connectivity index (χ2v) is 8.25. The molecule has 21 heavy (non-hydrogen) atoms. The van der Waals surface area contributed by atoms with Gasteiger partial charge < -0.3 is 5.73 Å². The summed E-state index contributed by atoms with van der Waals surface area (Å²) < 4.78 is 0. The van der Waals surface area contributed by atoms with Crippen molar-refractivity contribution in [2.75, 3.05) is 13.1 Å². The summed E-state index contributed by atoms with van der Waals surface area (Å²) in [7, 11) is 0. The van der Waals surface area contributed by atoms with Gasteiger partial charge in [-0.1, -0.05) is 44.5 Å². The molecule has 0 spiro atoms. The van der Waals surface area contributed by atoms with Crippen LogP contribution in [-0.2, 0) is 6.54 Å². The first-order chi connectivity index (χ1) is 9.73. The predicted molar refractivity (Wildman–Crippen MR) is 91.3 cm³/mol. The molecule has 0 bridgehead atoms. The SMILES string of the molecule is Cc1ccc(C)c(CN2CC(N)CC(CC(C)(C)C)C2)c1. The van der Waals surface area contributed by atoms with Gasteiger partial charge in [0, 0.05) is 25.7 Å². The summed E-state index contributed by atoms with van der Waals surface area (Å²) in [6.45, 7) is 14.7. The molecule has 2 rings (SSSR count). The van der Waals surface area contributed by atoms with Gasteiger partial charge in [0.05, 0.1) is 0 Å². The number of aryl methyl sites for hydroxylation is 2. The number of nitrogens with two attached hydrogens (primary N) is 1. The van der Waals surface area contributed by atoms with Crippen molar-refractivity contribution < 1.29 is 0 Å². The fraction of sp³-hybridized carbons (Fsp3) is 0.684. The van der Waals surface area contributed by atoms with E-state index in [1.165, 1.54) is 36.1 Å². The number of likely N-dealkylation sites (tertiary alicyclic amines) is 1. The van der Waals surface area contributed by atoms with E-state index >= 15 is 0 Å². The van der Waals surface area contributed by atoms with Crippen LogP contribution in [0.15, 0.2) is 18.2 Å². The van der Waals surface area contributed by atoms with Gasteiger partial charge in [0.15, 0.2) is 0 Å². The summed E-state index contributed by atoms with van der Waals surface area (Å²) in [6.07, 6.45) is 2.45. The van der Waals surface area contributed by atoms with E-state index in [-0.39, 0.29) is 0 Å². The van der Waals surface area contributed by atoms with Crippen molar-refractivity contribution in [1.82, 2.24) is 4.90 Å². The third-order valence-electron chi connectivity index (χ3n) is 4.44. The van der Waals surface area contributed by atoms with Crippen LogP contribution in [0.4, 0.5) is 0 Å². The van der Waals surface area contributed by atoms with E-state index in [1.54, 1.807) is 0 Å². The van der Waals surface area contributed by atoms with E-state index in [0.717, 1.165) is 19.0 Å². The molecule has 1 aliphatic rings. The number of hydrogen-bond acceptors (Lipinski definition) is 2. The first-order valence-corrected chi connectivity index (χ1v) is 8.27. The third-order valence-corrected chi connectivity index (χ3v) is 4.44. The summed E-state index contributed by atoms with van der Waals surface area (Å²) in [4.78, 5) is 2.56. The van der Waals surface area contributed by atoms with Crippen LogP contribution in [-0.4, -0.2) is 24.0 Å². The molecule has 1 heterocycles. The van der Waals surface area contributed by atoms with Gasteiger partial charge in [-0.15, -0.1) is 0 Å². The average Bonchev–Trinajstić information content (AvgIpc) is 2.31. The molecule has 2 unspecified atom stereocenters. The Labute approximate surface area is 130 Å². The molecule has 0 amide bonds. The van der Waals surface area contributed by atoms with Gasteiger partial charge >= 0.3 is 0 Å². The molecular weight excluding hydrogens is 256 g/mol. The monoisotopic (exact) mass is 288 g/mol. The van der Waals surface area contributed by atoms with Crippen LogP contribution in [0, 0.1) is 25.2 Å². The van der Waals surface area contributed by atoms with E-state index in [1.807, 2.05) is 0 Å². The Morgan fingerprint density at radius 3 is 2.57 bits per heavy atom. The Hall–Kier alpha value is -0.860. The first-order valence-electron chi connectivity index (χ1n) is 8.27. The number of rotatable bonds is 3. The Kier molecular flexibility index (Phi) is 5.11. The molecule has 0 aliphatic carbocycles. The minimum Gasteiger partial charge on any atom is -0.327 e. The zero-order valence-corrected chi connectivity index (χ0v) is 14.4. The van der Waals surface area contributed by atoms with Gasteiger partial charge in [-0.25, -0.2) is 0 Å². The highest BCUT2D eigenvalue weighted by atomic mass is 15.1. The maximum absolute atomic E-state index is 6.31. The smallest absolute Gasteiger partial charge is 0.0237 e. The first kappa shape index (κ1) is 16.5. The quantitative estimate of drug-likeness (QED) is 0.914. The Balaban J connectivity index is 2.04. The molecule has 0 aromatic heterocycles. The Morgan fingerprint density at radius 1 is 1.19 bits per heavy atom. The molecule has 2 N–H and O–H groups in total. The van der Waals surface area contributed by atoms with Crippen molar-refractivity contribution in [3.63, 3.8) is 0 Å². The summed E-state index contributed by atoms with van der Waals surface area (Å²) in [6, 6.07) is 7.09. The fourth-order valence-corrected chi connectivity index (χ4v) is 3.70. The molecule has 2 atom stereocenters. The molecule has 2 heteroatoms. The minimum absolute atomic E-state index is 0.330. The maximum Gasteiger partial charge on any atom is 0.0237 e. The molecular formula is C19H32N2. The summed E-state index contributed by atoms with van der Waals surface area (Å²) >= 11 is 0. The lowest BCUT2D eigenvalue weighted by Crippen LogP contribution is -2.47. The van der Waals surface area contributed by atoms with Crippen molar-refractivity contribution in [3.05, 3.63) is 34.9 Å². The normalized spacial score (nSPS) is 24.3. The highest BCUT2D eigenvalue weighted by molar-refractivity contribution is 5.30. The lowest BCUT2D eigenvalue weighted by atomic mass is 9.80. The van der Waals surface area contributed by atoms with Crippen LogP contribution >= 0.6 is 0 Å². The van der Waals surface area contributed by atoms with Crippen LogP contribution in [0.3, 0.4) is 0 Å². The van der Waals surface area contributed by atoms with Crippen LogP contribution in [0.2, 0.25) is 0 Å². The molecule has 0 saturated carbocycles. The Bertz CT molecular complexity index is 473. The predicted octanol–water partition coefficient (Wildman–Crippen LogP) is 3.89. The zero-order chi connectivity index (χ0) is 15.6. The van der Waals surface area contributed by atoms with E-state index in [9.17, 15) is 0 Å². The van der Waals surface area contributed by atoms with Crippen LogP contribution in [0.5, 0.6) is 0 Å². The minimum atomic E-state index is 0.330. The van der Waals surface area contributed by atoms with Gasteiger partial charge in [-0.2, -0.15) is 0 Å². The number of nitrogens with zero attached hydrogens (tertiary/aromatic N) is 1. The topological polar surface area (TPSA) is 29.3 Å². The molecule has 2 nitrogen and oxygen atoms in total. The molecule has 1 aromatic carbocycles. The third kappa shape index (κ3) is 5.12. The van der Waals surface area contributed by atoms with Gasteiger partial charge in [0.2, 0.25) is 0 Å². The highest BCUT2D eigenvalue weighted by Gasteiger charge is 2.28. The number of piperidine rings is 1. The lowest BCUT2D eigenvalue weighted by Gasteiger charge is -2.39. The lowest BCUT2D eigenvalue weighted by molar-refractivity contribution is 0.120. The summed E-state index contributed by atoms with van der Waals surface area (Å²) in [5.74, 6) is 0.735. The fourth-order valence-electron chi connectivity index (χ4n) is 3.70. The zero-order valence-electron chi connectivity index (χ0n) is 14.4. The second-order valence-electron chi connectivity index (χ2n) is 8.25. The molecule has 118 valence electrons. The van der Waals surface area contributed by atoms with Crippen molar-refractivity contribution in [1.29, 1.82) is 0 Å². The molecule has 1 saturated heterocycles. The Morgan fingerprint density at radius 2 is 1.90 bits per heavy atom. The van der Waals surface area contributed by atoms with Crippen LogP contribution in [0.1, 0.15) is 50.3 Å². The van der Waals surface area contributed by atoms with Gasteiger partial charge in [0.1, 0.15) is 0 Å². The van der Waals surface area contributed by atoms with Crippen molar-refractivity contribution in [3.8, 4) is 0 Å². The van der Waals surface area contributed by atoms with Crippen molar-refractivity contribution in [2.45, 2.75) is 60.0 Å². The standard InChI is InChI=1S/C19H32N2/c1-14-6-7-15(2)17(8-14)12-21-11-16(9-18(20)13-21)10-19(3,4)5/h6-8,16,18H,9-13,20H2,1-5H3. The summed E-state index contributed by atoms with van der Waals surface area (Å²) in [5.41, 5.74) is 10.9. The van der Waals surface area contributed by atoms with E-state index in [0.29, 0.717) is 11.5 Å². The van der Waals surface area contributed by atoms with Crippen molar-refractivity contribution in [2.24, 2.45) is 17.1 Å². The average molecular weight is 288 g/mol. The largest absolute Gasteiger partial charge is 0.327 e. The van der Waals surface area contributed by atoms with Gasteiger partial charge in [-0.3, -0.25) is 4.90 Å². The van der Waals surface area contributed by atoms with Gasteiger partial charge in [-0.05, 0) is 49.1 Å².